The SMILES string of the molecule is CC[C@@H](c1ccc(F)cc1)n1cc(CCN2CCN(C(=O)c3cnoc3-c3ccccc3)CC2)nn1. The number of benzene rings is 2. The minimum Gasteiger partial charge on any atom is -0.355 e. The van der Waals surface area contributed by atoms with Crippen LogP contribution < -0.4 is 0 Å². The molecule has 3 heterocycles. The minimum absolute atomic E-state index is 0.0274. The fourth-order valence-corrected chi connectivity index (χ4v) is 4.65. The van der Waals surface area contributed by atoms with E-state index in [-0.39, 0.29) is 17.8 Å². The number of aromatic nitrogens is 4. The summed E-state index contributed by atoms with van der Waals surface area (Å²) in [6.45, 7) is 5.80. The normalized spacial score (nSPS) is 15.2. The number of halogens is 1. The number of carbonyl (C=O) groups is 1. The highest BCUT2D eigenvalue weighted by Gasteiger charge is 2.26. The van der Waals surface area contributed by atoms with Gasteiger partial charge in [-0.3, -0.25) is 9.69 Å². The largest absolute Gasteiger partial charge is 0.355 e. The molecule has 1 amide bonds. The molecule has 1 aliphatic heterocycles. The van der Waals surface area contributed by atoms with E-state index in [0.29, 0.717) is 24.4 Å². The first kappa shape index (κ1) is 23.9. The minimum atomic E-state index is -0.243. The second-order valence-corrected chi connectivity index (χ2v) is 8.98. The van der Waals surface area contributed by atoms with E-state index in [0.717, 1.165) is 49.3 Å². The standard InChI is InChI=1S/C27H29FN6O2/c1-2-25(20-8-10-22(28)11-9-20)34-19-23(30-31-34)12-13-32-14-16-33(17-15-32)27(35)24-18-29-36-26(24)21-6-4-3-5-7-21/h3-11,18-19,25H,2,12-17H2,1H3/t25-/m0/s1. The van der Waals surface area contributed by atoms with Crippen LogP contribution >= 0.6 is 0 Å². The van der Waals surface area contributed by atoms with E-state index in [1.54, 1.807) is 12.1 Å². The van der Waals surface area contributed by atoms with Crippen molar-refractivity contribution in [3.05, 3.63) is 89.6 Å². The van der Waals surface area contributed by atoms with Crippen LogP contribution in [-0.4, -0.2) is 68.6 Å². The Kier molecular flexibility index (Phi) is 7.18. The molecular weight excluding hydrogens is 459 g/mol. The first-order valence-corrected chi connectivity index (χ1v) is 12.3. The van der Waals surface area contributed by atoms with Crippen LogP contribution in [0.4, 0.5) is 4.39 Å². The molecule has 9 heteroatoms. The summed E-state index contributed by atoms with van der Waals surface area (Å²) in [6, 6.07) is 16.2. The van der Waals surface area contributed by atoms with Crippen molar-refractivity contribution in [3.8, 4) is 11.3 Å². The smallest absolute Gasteiger partial charge is 0.259 e. The van der Waals surface area contributed by atoms with Crippen LogP contribution in [0.1, 0.15) is 41.0 Å². The van der Waals surface area contributed by atoms with E-state index in [1.165, 1.54) is 18.3 Å². The van der Waals surface area contributed by atoms with Crippen molar-refractivity contribution in [3.63, 3.8) is 0 Å². The second kappa shape index (κ2) is 10.8. The van der Waals surface area contributed by atoms with Crippen LogP contribution in [0.25, 0.3) is 11.3 Å². The molecule has 0 bridgehead atoms. The molecule has 4 aromatic rings. The first-order valence-electron chi connectivity index (χ1n) is 12.3. The summed E-state index contributed by atoms with van der Waals surface area (Å²) in [5.74, 6) is 0.217. The number of carbonyl (C=O) groups excluding carboxylic acids is 1. The Bertz CT molecular complexity index is 1280. The molecule has 0 radical (unpaired) electrons. The maximum absolute atomic E-state index is 13.3. The van der Waals surface area contributed by atoms with Crippen molar-refractivity contribution in [1.82, 2.24) is 30.0 Å². The highest BCUT2D eigenvalue weighted by molar-refractivity contribution is 5.99. The Balaban J connectivity index is 1.14. The number of amides is 1. The molecule has 2 aromatic heterocycles. The quantitative estimate of drug-likeness (QED) is 0.372. The predicted molar refractivity (Wildman–Crippen MR) is 133 cm³/mol. The molecule has 1 fully saturated rings. The zero-order valence-corrected chi connectivity index (χ0v) is 20.3. The molecule has 0 unspecified atom stereocenters. The Labute approximate surface area is 209 Å². The van der Waals surface area contributed by atoms with E-state index in [1.807, 2.05) is 46.1 Å². The molecule has 0 saturated carbocycles. The number of hydrogen-bond acceptors (Lipinski definition) is 6. The van der Waals surface area contributed by atoms with Gasteiger partial charge in [-0.15, -0.1) is 5.10 Å². The van der Waals surface area contributed by atoms with Crippen molar-refractivity contribution in [2.45, 2.75) is 25.8 Å². The van der Waals surface area contributed by atoms with Gasteiger partial charge in [0.05, 0.1) is 17.9 Å². The summed E-state index contributed by atoms with van der Waals surface area (Å²) < 4.78 is 20.6. The third-order valence-corrected chi connectivity index (χ3v) is 6.70. The molecule has 0 aliphatic carbocycles. The van der Waals surface area contributed by atoms with Gasteiger partial charge in [0.2, 0.25) is 0 Å². The monoisotopic (exact) mass is 488 g/mol. The van der Waals surface area contributed by atoms with Gasteiger partial charge in [-0.05, 0) is 24.1 Å². The van der Waals surface area contributed by atoms with Gasteiger partial charge in [-0.1, -0.05) is 59.8 Å². The highest BCUT2D eigenvalue weighted by Crippen LogP contribution is 2.25. The van der Waals surface area contributed by atoms with E-state index in [9.17, 15) is 9.18 Å². The van der Waals surface area contributed by atoms with Crippen LogP contribution in [0.5, 0.6) is 0 Å². The van der Waals surface area contributed by atoms with Crippen LogP contribution in [0.2, 0.25) is 0 Å². The van der Waals surface area contributed by atoms with Gasteiger partial charge in [-0.25, -0.2) is 9.07 Å². The topological polar surface area (TPSA) is 80.3 Å². The molecule has 2 aromatic carbocycles. The lowest BCUT2D eigenvalue weighted by atomic mass is 10.0. The predicted octanol–water partition coefficient (Wildman–Crippen LogP) is 4.07. The van der Waals surface area contributed by atoms with Crippen molar-refractivity contribution < 1.29 is 13.7 Å². The number of rotatable bonds is 8. The van der Waals surface area contributed by atoms with E-state index in [2.05, 4.69) is 27.3 Å². The van der Waals surface area contributed by atoms with Gasteiger partial charge in [0.25, 0.3) is 5.91 Å². The third-order valence-electron chi connectivity index (χ3n) is 6.70. The Morgan fingerprint density at radius 3 is 2.53 bits per heavy atom. The fraction of sp³-hybridized carbons (Fsp3) is 0.333. The van der Waals surface area contributed by atoms with Crippen LogP contribution in [0, 0.1) is 5.82 Å². The highest BCUT2D eigenvalue weighted by atomic mass is 19.1. The van der Waals surface area contributed by atoms with Crippen LogP contribution in [-0.2, 0) is 6.42 Å². The first-order chi connectivity index (χ1) is 17.6. The van der Waals surface area contributed by atoms with Gasteiger partial charge in [0.1, 0.15) is 11.4 Å². The summed E-state index contributed by atoms with van der Waals surface area (Å²) in [5.41, 5.74) is 3.28. The average Bonchev–Trinajstić information content (AvgIpc) is 3.60. The van der Waals surface area contributed by atoms with Gasteiger partial charge in [0.15, 0.2) is 5.76 Å². The number of nitrogens with zero attached hydrogens (tertiary/aromatic N) is 6. The van der Waals surface area contributed by atoms with Gasteiger partial charge < -0.3 is 9.42 Å². The van der Waals surface area contributed by atoms with Crippen molar-refractivity contribution in [2.24, 2.45) is 0 Å². The van der Waals surface area contributed by atoms with Crippen LogP contribution in [0.15, 0.2) is 71.5 Å². The van der Waals surface area contributed by atoms with E-state index in [4.69, 9.17) is 4.52 Å². The maximum atomic E-state index is 13.3. The molecular formula is C27H29FN6O2. The Morgan fingerprint density at radius 1 is 1.06 bits per heavy atom. The van der Waals surface area contributed by atoms with E-state index < -0.39 is 0 Å². The molecule has 0 spiro atoms. The molecule has 186 valence electrons. The zero-order valence-electron chi connectivity index (χ0n) is 20.3. The second-order valence-electron chi connectivity index (χ2n) is 8.98. The summed E-state index contributed by atoms with van der Waals surface area (Å²) >= 11 is 0. The number of hydrogen-bond donors (Lipinski definition) is 0. The molecule has 0 N–H and O–H groups in total. The van der Waals surface area contributed by atoms with Crippen molar-refractivity contribution >= 4 is 5.91 Å². The summed E-state index contributed by atoms with van der Waals surface area (Å²) in [4.78, 5) is 17.3. The van der Waals surface area contributed by atoms with Gasteiger partial charge in [0, 0.05) is 50.9 Å². The van der Waals surface area contributed by atoms with Crippen LogP contribution in [0.3, 0.4) is 0 Å². The lowest BCUT2D eigenvalue weighted by Gasteiger charge is -2.34. The van der Waals surface area contributed by atoms with Crippen molar-refractivity contribution in [1.29, 1.82) is 0 Å². The van der Waals surface area contributed by atoms with Crippen molar-refractivity contribution in [2.75, 3.05) is 32.7 Å². The Morgan fingerprint density at radius 2 is 1.81 bits per heavy atom. The zero-order chi connectivity index (χ0) is 24.9. The molecule has 8 nitrogen and oxygen atoms in total. The number of piperazine rings is 1. The average molecular weight is 489 g/mol. The lowest BCUT2D eigenvalue weighted by Crippen LogP contribution is -2.49. The summed E-state index contributed by atoms with van der Waals surface area (Å²) in [7, 11) is 0. The molecule has 1 saturated heterocycles. The van der Waals surface area contributed by atoms with E-state index >= 15 is 0 Å². The summed E-state index contributed by atoms with van der Waals surface area (Å²) in [5, 5.41) is 12.6. The Hall–Kier alpha value is -3.85. The molecule has 1 atom stereocenters. The maximum Gasteiger partial charge on any atom is 0.259 e. The third kappa shape index (κ3) is 5.21. The summed E-state index contributed by atoms with van der Waals surface area (Å²) in [6.07, 6.45) is 5.10. The molecule has 5 rings (SSSR count). The lowest BCUT2D eigenvalue weighted by molar-refractivity contribution is 0.0638. The van der Waals surface area contributed by atoms with Gasteiger partial charge in [-0.2, -0.15) is 0 Å². The fourth-order valence-electron chi connectivity index (χ4n) is 4.65. The molecule has 1 aliphatic rings. The van der Waals surface area contributed by atoms with Gasteiger partial charge >= 0.3 is 0 Å². The molecule has 36 heavy (non-hydrogen) atoms.